The maximum absolute atomic E-state index is 12.0. The lowest BCUT2D eigenvalue weighted by Gasteiger charge is -2.18. The maximum Gasteiger partial charge on any atom is 0.323 e. The fourth-order valence-corrected chi connectivity index (χ4v) is 1.62. The summed E-state index contributed by atoms with van der Waals surface area (Å²) in [6, 6.07) is 1.76. The van der Waals surface area contributed by atoms with Crippen molar-refractivity contribution in [3.63, 3.8) is 0 Å². The fraction of sp³-hybridized carbons (Fsp3) is 0.455. The molecule has 1 aliphatic rings. The minimum absolute atomic E-state index is 0.0631. The number of hydrogen-bond acceptors (Lipinski definition) is 3. The molecule has 5 heteroatoms. The van der Waals surface area contributed by atoms with Crippen LogP contribution in [0, 0.1) is 6.92 Å². The van der Waals surface area contributed by atoms with Crippen molar-refractivity contribution in [3.8, 4) is 0 Å². The Morgan fingerprint density at radius 2 is 2.25 bits per heavy atom. The van der Waals surface area contributed by atoms with Gasteiger partial charge in [0.25, 0.3) is 5.91 Å². The number of carbonyl (C=O) groups excluding carboxylic acids is 1. The highest BCUT2D eigenvalue weighted by atomic mass is 16.4. The van der Waals surface area contributed by atoms with E-state index in [0.29, 0.717) is 0 Å². The first-order valence-electron chi connectivity index (χ1n) is 5.16. The normalized spacial score (nSPS) is 14.8. The molecule has 1 aromatic heterocycles. The lowest BCUT2D eigenvalue weighted by Crippen LogP contribution is -2.37. The van der Waals surface area contributed by atoms with E-state index in [1.54, 1.807) is 13.0 Å². The largest absolute Gasteiger partial charge is 0.480 e. The number of aliphatic carboxylic acids is 1. The topological polar surface area (TPSA) is 70.8 Å². The van der Waals surface area contributed by atoms with Gasteiger partial charge in [0.1, 0.15) is 6.54 Å². The molecule has 86 valence electrons. The molecule has 2 rings (SSSR count). The molecule has 0 bridgehead atoms. The standard InChI is InChI=1S/C11H13NO4/c1-7-4-5-16-10(7)11(15)12(6-9(13)14)8-2-3-8/h4-5,8H,2-3,6H2,1H3,(H,13,14). The number of rotatable bonds is 4. The average Bonchev–Trinajstić information content (AvgIpc) is 2.97. The van der Waals surface area contributed by atoms with Crippen molar-refractivity contribution in [2.75, 3.05) is 6.54 Å². The molecule has 0 aromatic carbocycles. The molecule has 1 amide bonds. The van der Waals surface area contributed by atoms with E-state index in [4.69, 9.17) is 9.52 Å². The molecule has 1 heterocycles. The molecule has 1 fully saturated rings. The maximum atomic E-state index is 12.0. The lowest BCUT2D eigenvalue weighted by atomic mass is 10.2. The van der Waals surface area contributed by atoms with Crippen LogP contribution in [0.25, 0.3) is 0 Å². The molecule has 0 spiro atoms. The summed E-state index contributed by atoms with van der Waals surface area (Å²) in [5, 5.41) is 8.75. The van der Waals surface area contributed by atoms with Crippen LogP contribution in [-0.4, -0.2) is 34.5 Å². The van der Waals surface area contributed by atoms with Gasteiger partial charge in [0, 0.05) is 11.6 Å². The van der Waals surface area contributed by atoms with E-state index in [2.05, 4.69) is 0 Å². The summed E-state index contributed by atoms with van der Waals surface area (Å²) >= 11 is 0. The highest BCUT2D eigenvalue weighted by Crippen LogP contribution is 2.28. The van der Waals surface area contributed by atoms with Crippen LogP contribution in [-0.2, 0) is 4.79 Å². The Morgan fingerprint density at radius 1 is 1.56 bits per heavy atom. The van der Waals surface area contributed by atoms with Gasteiger partial charge in [-0.15, -0.1) is 0 Å². The average molecular weight is 223 g/mol. The molecule has 0 atom stereocenters. The second-order valence-corrected chi connectivity index (χ2v) is 3.99. The Bertz CT molecular complexity index is 419. The fourth-order valence-electron chi connectivity index (χ4n) is 1.62. The van der Waals surface area contributed by atoms with E-state index in [0.717, 1.165) is 18.4 Å². The third-order valence-electron chi connectivity index (χ3n) is 2.61. The van der Waals surface area contributed by atoms with Crippen molar-refractivity contribution in [2.24, 2.45) is 0 Å². The van der Waals surface area contributed by atoms with Crippen LogP contribution < -0.4 is 0 Å². The predicted octanol–water partition coefficient (Wildman–Crippen LogP) is 1.28. The Hall–Kier alpha value is -1.78. The molecular formula is C11H13NO4. The summed E-state index contributed by atoms with van der Waals surface area (Å²) in [6.45, 7) is 1.51. The molecular weight excluding hydrogens is 210 g/mol. The first-order valence-corrected chi connectivity index (χ1v) is 5.16. The molecule has 1 aliphatic carbocycles. The van der Waals surface area contributed by atoms with Gasteiger partial charge in [0.05, 0.1) is 6.26 Å². The van der Waals surface area contributed by atoms with Crippen LogP contribution in [0.3, 0.4) is 0 Å². The van der Waals surface area contributed by atoms with Crippen molar-refractivity contribution < 1.29 is 19.1 Å². The Labute approximate surface area is 92.7 Å². The van der Waals surface area contributed by atoms with Crippen LogP contribution in [0.1, 0.15) is 29.0 Å². The third-order valence-corrected chi connectivity index (χ3v) is 2.61. The number of furan rings is 1. The Morgan fingerprint density at radius 3 is 2.69 bits per heavy atom. The van der Waals surface area contributed by atoms with Crippen molar-refractivity contribution in [1.82, 2.24) is 4.90 Å². The molecule has 1 saturated carbocycles. The predicted molar refractivity (Wildman–Crippen MR) is 55.1 cm³/mol. The number of nitrogens with zero attached hydrogens (tertiary/aromatic N) is 1. The quantitative estimate of drug-likeness (QED) is 0.834. The lowest BCUT2D eigenvalue weighted by molar-refractivity contribution is -0.137. The summed E-state index contributed by atoms with van der Waals surface area (Å²) in [5.74, 6) is -1.08. The number of carbonyl (C=O) groups is 2. The van der Waals surface area contributed by atoms with Crippen molar-refractivity contribution in [1.29, 1.82) is 0 Å². The highest BCUT2D eigenvalue weighted by Gasteiger charge is 2.35. The summed E-state index contributed by atoms with van der Waals surface area (Å²) in [6.07, 6.45) is 3.19. The number of hydrogen-bond donors (Lipinski definition) is 1. The van der Waals surface area contributed by atoms with Crippen molar-refractivity contribution in [3.05, 3.63) is 23.7 Å². The van der Waals surface area contributed by atoms with E-state index >= 15 is 0 Å². The molecule has 1 N–H and O–H groups in total. The molecule has 0 unspecified atom stereocenters. The van der Waals surface area contributed by atoms with Gasteiger partial charge in [-0.3, -0.25) is 9.59 Å². The van der Waals surface area contributed by atoms with Crippen molar-refractivity contribution in [2.45, 2.75) is 25.8 Å². The minimum Gasteiger partial charge on any atom is -0.480 e. The zero-order chi connectivity index (χ0) is 11.7. The van der Waals surface area contributed by atoms with Gasteiger partial charge < -0.3 is 14.4 Å². The minimum atomic E-state index is -0.996. The molecule has 16 heavy (non-hydrogen) atoms. The van der Waals surface area contributed by atoms with Crippen molar-refractivity contribution >= 4 is 11.9 Å². The molecule has 0 aliphatic heterocycles. The Kier molecular flexibility index (Phi) is 2.68. The van der Waals surface area contributed by atoms with Gasteiger partial charge in [-0.25, -0.2) is 0 Å². The SMILES string of the molecule is Cc1ccoc1C(=O)N(CC(=O)O)C1CC1. The second kappa shape index (κ2) is 4.00. The van der Waals surface area contributed by atoms with E-state index in [1.807, 2.05) is 0 Å². The number of carboxylic acid groups (broad SMARTS) is 1. The summed E-state index contributed by atoms with van der Waals surface area (Å²) < 4.78 is 5.08. The van der Waals surface area contributed by atoms with E-state index in [1.165, 1.54) is 11.2 Å². The van der Waals surface area contributed by atoms with Gasteiger partial charge in [-0.1, -0.05) is 0 Å². The number of aryl methyl sites for hydroxylation is 1. The molecule has 5 nitrogen and oxygen atoms in total. The van der Waals surface area contributed by atoms with E-state index < -0.39 is 5.97 Å². The zero-order valence-corrected chi connectivity index (χ0v) is 8.97. The second-order valence-electron chi connectivity index (χ2n) is 3.99. The van der Waals surface area contributed by atoms with Gasteiger partial charge in [0.2, 0.25) is 0 Å². The van der Waals surface area contributed by atoms with Crippen LogP contribution in [0.15, 0.2) is 16.7 Å². The van der Waals surface area contributed by atoms with Gasteiger partial charge in [-0.05, 0) is 25.8 Å². The van der Waals surface area contributed by atoms with Crippen LogP contribution in [0.2, 0.25) is 0 Å². The zero-order valence-electron chi connectivity index (χ0n) is 8.97. The third kappa shape index (κ3) is 2.08. The first-order chi connectivity index (χ1) is 7.59. The molecule has 1 aromatic rings. The van der Waals surface area contributed by atoms with Gasteiger partial charge in [0.15, 0.2) is 5.76 Å². The van der Waals surface area contributed by atoms with Gasteiger partial charge >= 0.3 is 5.97 Å². The number of amides is 1. The smallest absolute Gasteiger partial charge is 0.323 e. The molecule has 0 radical (unpaired) electrons. The van der Waals surface area contributed by atoms with Gasteiger partial charge in [-0.2, -0.15) is 0 Å². The van der Waals surface area contributed by atoms with Crippen LogP contribution >= 0.6 is 0 Å². The Balaban J connectivity index is 2.17. The molecule has 0 saturated heterocycles. The van der Waals surface area contributed by atoms with Crippen LogP contribution in [0.4, 0.5) is 0 Å². The summed E-state index contributed by atoms with van der Waals surface area (Å²) in [7, 11) is 0. The summed E-state index contributed by atoms with van der Waals surface area (Å²) in [5.41, 5.74) is 0.737. The van der Waals surface area contributed by atoms with E-state index in [-0.39, 0.29) is 24.3 Å². The monoisotopic (exact) mass is 223 g/mol. The first kappa shape index (κ1) is 10.7. The van der Waals surface area contributed by atoms with Crippen LogP contribution in [0.5, 0.6) is 0 Å². The van der Waals surface area contributed by atoms with E-state index in [9.17, 15) is 9.59 Å². The summed E-state index contributed by atoms with van der Waals surface area (Å²) in [4.78, 5) is 24.1. The number of carboxylic acids is 1. The highest BCUT2D eigenvalue weighted by molar-refractivity contribution is 5.95.